The van der Waals surface area contributed by atoms with Gasteiger partial charge in [0.25, 0.3) is 0 Å². The molecule has 0 saturated carbocycles. The van der Waals surface area contributed by atoms with E-state index in [2.05, 4.69) is 5.10 Å². The number of ether oxygens (including phenoxy) is 1. The summed E-state index contributed by atoms with van der Waals surface area (Å²) in [5.41, 5.74) is 0.131. The van der Waals surface area contributed by atoms with Crippen LogP contribution >= 0.6 is 0 Å². The zero-order chi connectivity index (χ0) is 22.7. The SMILES string of the molecule is Cn1cc([C@@H]2CC(=O)Oc3cc(O)c4c(=O)c(O)c(-c5ccc(O)c(O)c5)oc4c32)cn1. The molecular formula is C22H16N2O8. The highest BCUT2D eigenvalue weighted by Crippen LogP contribution is 2.47. The third-order valence-corrected chi connectivity index (χ3v) is 5.43. The number of aromatic nitrogens is 2. The van der Waals surface area contributed by atoms with E-state index in [1.807, 2.05) is 0 Å². The monoisotopic (exact) mass is 436 g/mol. The van der Waals surface area contributed by atoms with Crippen molar-refractivity contribution in [2.75, 3.05) is 0 Å². The minimum Gasteiger partial charge on any atom is -0.507 e. The Kier molecular flexibility index (Phi) is 4.12. The molecule has 2 aromatic heterocycles. The molecule has 1 aliphatic rings. The summed E-state index contributed by atoms with van der Waals surface area (Å²) in [7, 11) is 1.72. The van der Waals surface area contributed by atoms with Gasteiger partial charge in [0.05, 0.1) is 12.6 Å². The standard InChI is InChI=1S/C22H16N2O8/c1-24-8-10(7-23-24)11-5-16(28)31-15-6-14(27)18-19(29)20(30)21(32-22(18)17(11)15)9-2-3-12(25)13(26)4-9/h2-4,6-8,11,25-27,30H,5H2,1H3/t11-/m0/s1. The van der Waals surface area contributed by atoms with Crippen LogP contribution in [-0.2, 0) is 11.8 Å². The lowest BCUT2D eigenvalue weighted by Crippen LogP contribution is -2.21. The van der Waals surface area contributed by atoms with Crippen LogP contribution in [0.4, 0.5) is 0 Å². The maximum Gasteiger partial charge on any atom is 0.312 e. The van der Waals surface area contributed by atoms with Crippen LogP contribution in [0.3, 0.4) is 0 Å². The second-order valence-corrected chi connectivity index (χ2v) is 7.50. The molecule has 0 unspecified atom stereocenters. The van der Waals surface area contributed by atoms with Crippen molar-refractivity contribution in [3.05, 3.63) is 58.0 Å². The summed E-state index contributed by atoms with van der Waals surface area (Å²) in [6.45, 7) is 0. The number of rotatable bonds is 2. The van der Waals surface area contributed by atoms with E-state index in [1.165, 1.54) is 12.1 Å². The van der Waals surface area contributed by atoms with Gasteiger partial charge in [-0.1, -0.05) is 0 Å². The molecule has 32 heavy (non-hydrogen) atoms. The first kappa shape index (κ1) is 19.5. The fraction of sp³-hybridized carbons (Fsp3) is 0.136. The van der Waals surface area contributed by atoms with Gasteiger partial charge in [-0.15, -0.1) is 0 Å². The molecule has 0 aliphatic carbocycles. The Morgan fingerprint density at radius 1 is 1.06 bits per heavy atom. The number of fused-ring (bicyclic) bond motifs is 3. The molecule has 10 nitrogen and oxygen atoms in total. The van der Waals surface area contributed by atoms with Crippen LogP contribution in [0.25, 0.3) is 22.3 Å². The Balaban J connectivity index is 1.86. The summed E-state index contributed by atoms with van der Waals surface area (Å²) in [4.78, 5) is 25.2. The van der Waals surface area contributed by atoms with Gasteiger partial charge >= 0.3 is 5.97 Å². The molecule has 1 aliphatic heterocycles. The van der Waals surface area contributed by atoms with Crippen LogP contribution in [0.15, 0.2) is 45.9 Å². The molecular weight excluding hydrogens is 420 g/mol. The molecule has 4 N–H and O–H groups in total. The highest BCUT2D eigenvalue weighted by Gasteiger charge is 2.35. The van der Waals surface area contributed by atoms with Crippen LogP contribution in [-0.4, -0.2) is 36.2 Å². The lowest BCUT2D eigenvalue weighted by Gasteiger charge is -2.25. The van der Waals surface area contributed by atoms with Crippen molar-refractivity contribution < 1.29 is 34.4 Å². The van der Waals surface area contributed by atoms with E-state index in [0.29, 0.717) is 11.1 Å². The molecule has 162 valence electrons. The summed E-state index contributed by atoms with van der Waals surface area (Å²) >= 11 is 0. The first-order valence-electron chi connectivity index (χ1n) is 9.51. The third-order valence-electron chi connectivity index (χ3n) is 5.43. The van der Waals surface area contributed by atoms with Crippen LogP contribution in [0.1, 0.15) is 23.5 Å². The number of phenols is 3. The van der Waals surface area contributed by atoms with E-state index in [9.17, 15) is 30.0 Å². The van der Waals surface area contributed by atoms with Crippen molar-refractivity contribution in [3.8, 4) is 40.1 Å². The van der Waals surface area contributed by atoms with Crippen LogP contribution < -0.4 is 10.2 Å². The van der Waals surface area contributed by atoms with Crippen molar-refractivity contribution in [3.63, 3.8) is 0 Å². The predicted octanol–water partition coefficient (Wildman–Crippen LogP) is 2.46. The summed E-state index contributed by atoms with van der Waals surface area (Å²) in [6, 6.07) is 4.77. The highest BCUT2D eigenvalue weighted by molar-refractivity contribution is 5.94. The second kappa shape index (κ2) is 6.77. The van der Waals surface area contributed by atoms with Gasteiger partial charge in [0.2, 0.25) is 11.2 Å². The number of carbonyl (C=O) groups is 1. The van der Waals surface area contributed by atoms with Gasteiger partial charge in [0, 0.05) is 36.4 Å². The second-order valence-electron chi connectivity index (χ2n) is 7.50. The van der Waals surface area contributed by atoms with Crippen molar-refractivity contribution in [2.24, 2.45) is 7.05 Å². The van der Waals surface area contributed by atoms with Gasteiger partial charge in [-0.05, 0) is 23.8 Å². The summed E-state index contributed by atoms with van der Waals surface area (Å²) in [5, 5.41) is 44.2. The number of carbonyl (C=O) groups excluding carboxylic acids is 1. The zero-order valence-corrected chi connectivity index (χ0v) is 16.6. The van der Waals surface area contributed by atoms with E-state index in [0.717, 1.165) is 12.1 Å². The van der Waals surface area contributed by atoms with Gasteiger partial charge in [-0.25, -0.2) is 0 Å². The fourth-order valence-corrected chi connectivity index (χ4v) is 3.95. The number of nitrogens with zero attached hydrogens (tertiary/aromatic N) is 2. The molecule has 2 aromatic carbocycles. The lowest BCUT2D eigenvalue weighted by atomic mass is 9.86. The van der Waals surface area contributed by atoms with Crippen molar-refractivity contribution in [1.82, 2.24) is 9.78 Å². The fourth-order valence-electron chi connectivity index (χ4n) is 3.95. The number of benzene rings is 2. The Morgan fingerprint density at radius 3 is 2.53 bits per heavy atom. The molecule has 0 fully saturated rings. The normalized spacial score (nSPS) is 15.5. The molecule has 5 rings (SSSR count). The molecule has 0 radical (unpaired) electrons. The maximum atomic E-state index is 13.0. The summed E-state index contributed by atoms with van der Waals surface area (Å²) in [5.74, 6) is -3.57. The highest BCUT2D eigenvalue weighted by atomic mass is 16.5. The quantitative estimate of drug-likeness (QED) is 0.211. The van der Waals surface area contributed by atoms with Crippen molar-refractivity contribution >= 4 is 16.9 Å². The van der Waals surface area contributed by atoms with Gasteiger partial charge in [-0.2, -0.15) is 5.10 Å². The minimum atomic E-state index is -0.907. The largest absolute Gasteiger partial charge is 0.507 e. The Bertz CT molecular complexity index is 1480. The number of phenolic OH excluding ortho intramolecular Hbond substituents is 3. The van der Waals surface area contributed by atoms with Crippen LogP contribution in [0.5, 0.6) is 28.7 Å². The van der Waals surface area contributed by atoms with E-state index in [4.69, 9.17) is 9.15 Å². The Hall–Kier alpha value is -4.47. The van der Waals surface area contributed by atoms with Gasteiger partial charge < -0.3 is 29.6 Å². The Labute approximate surface area is 179 Å². The number of aromatic hydroxyl groups is 4. The van der Waals surface area contributed by atoms with E-state index >= 15 is 0 Å². The molecule has 0 amide bonds. The lowest BCUT2D eigenvalue weighted by molar-refractivity contribution is -0.135. The molecule has 3 heterocycles. The van der Waals surface area contributed by atoms with Crippen LogP contribution in [0, 0.1) is 0 Å². The number of hydrogen-bond donors (Lipinski definition) is 4. The minimum absolute atomic E-state index is 0.0217. The third kappa shape index (κ3) is 2.84. The first-order chi connectivity index (χ1) is 15.2. The Morgan fingerprint density at radius 2 is 1.84 bits per heavy atom. The van der Waals surface area contributed by atoms with E-state index in [-0.39, 0.29) is 34.5 Å². The van der Waals surface area contributed by atoms with E-state index in [1.54, 1.807) is 24.1 Å². The summed E-state index contributed by atoms with van der Waals surface area (Å²) < 4.78 is 12.8. The summed E-state index contributed by atoms with van der Waals surface area (Å²) in [6.07, 6.45) is 3.23. The van der Waals surface area contributed by atoms with Gasteiger partial charge in [0.1, 0.15) is 22.5 Å². The average Bonchev–Trinajstić information content (AvgIpc) is 3.17. The average molecular weight is 436 g/mol. The number of hydrogen-bond acceptors (Lipinski definition) is 9. The van der Waals surface area contributed by atoms with Gasteiger partial charge in [-0.3, -0.25) is 14.3 Å². The molecule has 0 saturated heterocycles. The van der Waals surface area contributed by atoms with Crippen LogP contribution in [0.2, 0.25) is 0 Å². The zero-order valence-electron chi connectivity index (χ0n) is 16.6. The predicted molar refractivity (Wildman–Crippen MR) is 110 cm³/mol. The molecule has 4 aromatic rings. The van der Waals surface area contributed by atoms with Crippen molar-refractivity contribution in [1.29, 1.82) is 0 Å². The number of aryl methyl sites for hydroxylation is 1. The first-order valence-corrected chi connectivity index (χ1v) is 9.51. The molecule has 0 spiro atoms. The molecule has 0 bridgehead atoms. The topological polar surface area (TPSA) is 155 Å². The molecule has 1 atom stereocenters. The maximum absolute atomic E-state index is 13.0. The van der Waals surface area contributed by atoms with Crippen molar-refractivity contribution in [2.45, 2.75) is 12.3 Å². The smallest absolute Gasteiger partial charge is 0.312 e. The number of esters is 1. The van der Waals surface area contributed by atoms with E-state index < -0.39 is 40.3 Å². The molecule has 10 heteroatoms. The van der Waals surface area contributed by atoms with Gasteiger partial charge in [0.15, 0.2) is 17.3 Å².